The van der Waals surface area contributed by atoms with Crippen molar-refractivity contribution in [3.8, 4) is 5.69 Å². The van der Waals surface area contributed by atoms with Crippen molar-refractivity contribution in [3.63, 3.8) is 0 Å². The highest BCUT2D eigenvalue weighted by atomic mass is 16.4. The monoisotopic (exact) mass is 231 g/mol. The first kappa shape index (κ1) is 11.3. The van der Waals surface area contributed by atoms with E-state index in [-0.39, 0.29) is 6.42 Å². The van der Waals surface area contributed by atoms with Crippen LogP contribution in [0.3, 0.4) is 0 Å². The van der Waals surface area contributed by atoms with Crippen molar-refractivity contribution in [1.29, 1.82) is 0 Å². The van der Waals surface area contributed by atoms with Crippen LogP contribution in [0, 0.1) is 0 Å². The molecule has 0 fully saturated rings. The summed E-state index contributed by atoms with van der Waals surface area (Å²) in [6.07, 6.45) is 4.84. The van der Waals surface area contributed by atoms with E-state index in [0.29, 0.717) is 6.42 Å². The Balaban J connectivity index is 2.04. The molecule has 1 N–H and O–H groups in total. The molecule has 1 heterocycles. The molecule has 1 aromatic carbocycles. The van der Waals surface area contributed by atoms with E-state index in [1.54, 1.807) is 17.2 Å². The van der Waals surface area contributed by atoms with E-state index in [9.17, 15) is 4.79 Å². The van der Waals surface area contributed by atoms with Crippen molar-refractivity contribution in [3.05, 3.63) is 42.2 Å². The van der Waals surface area contributed by atoms with Gasteiger partial charge in [-0.15, -0.1) is 0 Å². The molecule has 0 atom stereocenters. The van der Waals surface area contributed by atoms with Crippen LogP contribution in [0.4, 0.5) is 0 Å². The molecule has 0 amide bonds. The third-order valence-electron chi connectivity index (χ3n) is 2.42. The molecule has 5 nitrogen and oxygen atoms in total. The summed E-state index contributed by atoms with van der Waals surface area (Å²) in [6.45, 7) is 0. The van der Waals surface area contributed by atoms with Crippen LogP contribution in [0.5, 0.6) is 0 Å². The molecule has 17 heavy (non-hydrogen) atoms. The number of benzene rings is 1. The number of hydrogen-bond donors (Lipinski definition) is 1. The average Bonchev–Trinajstić information content (AvgIpc) is 2.82. The number of aliphatic carboxylic acids is 1. The van der Waals surface area contributed by atoms with Gasteiger partial charge in [-0.1, -0.05) is 12.1 Å². The zero-order valence-electron chi connectivity index (χ0n) is 9.28. The maximum absolute atomic E-state index is 10.4. The number of hydrogen-bond acceptors (Lipinski definition) is 3. The molecule has 88 valence electrons. The summed E-state index contributed by atoms with van der Waals surface area (Å²) in [4.78, 5) is 12.0. The van der Waals surface area contributed by atoms with E-state index in [2.05, 4.69) is 10.2 Å². The largest absolute Gasteiger partial charge is 0.481 e. The predicted molar refractivity (Wildman–Crippen MR) is 61.9 cm³/mol. The fourth-order valence-electron chi connectivity index (χ4n) is 1.63. The van der Waals surface area contributed by atoms with Gasteiger partial charge in [-0.25, -0.2) is 0 Å². The number of aromatic nitrogens is 3. The molecule has 2 rings (SSSR count). The maximum atomic E-state index is 10.4. The molecule has 0 bridgehead atoms. The Bertz CT molecular complexity index is 494. The van der Waals surface area contributed by atoms with E-state index in [0.717, 1.165) is 17.7 Å². The Kier molecular flexibility index (Phi) is 3.49. The molecule has 0 radical (unpaired) electrons. The van der Waals surface area contributed by atoms with Gasteiger partial charge in [0.1, 0.15) is 0 Å². The Hall–Kier alpha value is -2.17. The second-order valence-electron chi connectivity index (χ2n) is 3.74. The molecular formula is C12H13N3O2. The molecule has 0 saturated carbocycles. The highest BCUT2D eigenvalue weighted by Crippen LogP contribution is 2.11. The van der Waals surface area contributed by atoms with Crippen molar-refractivity contribution < 1.29 is 9.90 Å². The maximum Gasteiger partial charge on any atom is 0.303 e. The lowest BCUT2D eigenvalue weighted by molar-refractivity contribution is -0.137. The van der Waals surface area contributed by atoms with Gasteiger partial charge in [-0.05, 0) is 30.5 Å². The topological polar surface area (TPSA) is 68.0 Å². The normalized spacial score (nSPS) is 10.4. The summed E-state index contributed by atoms with van der Waals surface area (Å²) < 4.78 is 0. The number of aryl methyl sites for hydroxylation is 1. The fourth-order valence-corrected chi connectivity index (χ4v) is 1.63. The lowest BCUT2D eigenvalue weighted by Gasteiger charge is -2.03. The van der Waals surface area contributed by atoms with Crippen molar-refractivity contribution in [2.75, 3.05) is 0 Å². The Morgan fingerprint density at radius 2 is 2.06 bits per heavy atom. The van der Waals surface area contributed by atoms with Crippen LogP contribution in [0.15, 0.2) is 36.7 Å². The van der Waals surface area contributed by atoms with Crippen molar-refractivity contribution in [2.45, 2.75) is 19.3 Å². The Morgan fingerprint density at radius 1 is 1.29 bits per heavy atom. The van der Waals surface area contributed by atoms with Crippen LogP contribution in [-0.2, 0) is 11.2 Å². The minimum absolute atomic E-state index is 0.199. The van der Waals surface area contributed by atoms with Gasteiger partial charge in [0.2, 0.25) is 0 Å². The summed E-state index contributed by atoms with van der Waals surface area (Å²) in [5.74, 6) is -0.755. The minimum atomic E-state index is -0.755. The van der Waals surface area contributed by atoms with Gasteiger partial charge in [0.15, 0.2) is 0 Å². The van der Waals surface area contributed by atoms with Gasteiger partial charge in [0.25, 0.3) is 0 Å². The van der Waals surface area contributed by atoms with Crippen LogP contribution in [0.2, 0.25) is 0 Å². The third kappa shape index (κ3) is 3.14. The summed E-state index contributed by atoms with van der Waals surface area (Å²) in [5, 5.41) is 16.7. The first-order valence-corrected chi connectivity index (χ1v) is 5.43. The number of rotatable bonds is 5. The summed E-state index contributed by atoms with van der Waals surface area (Å²) in [7, 11) is 0. The lowest BCUT2D eigenvalue weighted by atomic mass is 10.1. The molecule has 0 aliphatic rings. The standard InChI is InChI=1S/C12H13N3O2/c16-12(17)6-2-4-10-3-1-5-11(9-10)15-13-7-8-14-15/h1,3,5,7-9H,2,4,6H2,(H,16,17). The van der Waals surface area contributed by atoms with Gasteiger partial charge in [0, 0.05) is 6.42 Å². The van der Waals surface area contributed by atoms with E-state index < -0.39 is 5.97 Å². The molecule has 1 aromatic heterocycles. The number of carbonyl (C=O) groups is 1. The Labute approximate surface area is 98.7 Å². The lowest BCUT2D eigenvalue weighted by Crippen LogP contribution is -2.00. The third-order valence-corrected chi connectivity index (χ3v) is 2.42. The SMILES string of the molecule is O=C(O)CCCc1cccc(-n2nccn2)c1. The molecular weight excluding hydrogens is 218 g/mol. The van der Waals surface area contributed by atoms with Gasteiger partial charge in [0.05, 0.1) is 18.1 Å². The zero-order chi connectivity index (χ0) is 12.1. The van der Waals surface area contributed by atoms with E-state index in [1.807, 2.05) is 24.3 Å². The van der Waals surface area contributed by atoms with E-state index in [1.165, 1.54) is 0 Å². The van der Waals surface area contributed by atoms with Gasteiger partial charge >= 0.3 is 5.97 Å². The zero-order valence-corrected chi connectivity index (χ0v) is 9.28. The second kappa shape index (κ2) is 5.25. The smallest absolute Gasteiger partial charge is 0.303 e. The summed E-state index contributed by atoms with van der Waals surface area (Å²) >= 11 is 0. The van der Waals surface area contributed by atoms with Gasteiger partial charge < -0.3 is 5.11 Å². The number of nitrogens with zero attached hydrogens (tertiary/aromatic N) is 3. The van der Waals surface area contributed by atoms with E-state index >= 15 is 0 Å². The van der Waals surface area contributed by atoms with Crippen molar-refractivity contribution >= 4 is 5.97 Å². The first-order chi connectivity index (χ1) is 8.25. The summed E-state index contributed by atoms with van der Waals surface area (Å²) in [6, 6.07) is 7.80. The van der Waals surface area contributed by atoms with Gasteiger partial charge in [-0.2, -0.15) is 15.0 Å². The quantitative estimate of drug-likeness (QED) is 0.850. The van der Waals surface area contributed by atoms with E-state index in [4.69, 9.17) is 5.11 Å². The molecule has 0 spiro atoms. The van der Waals surface area contributed by atoms with Crippen molar-refractivity contribution in [2.24, 2.45) is 0 Å². The minimum Gasteiger partial charge on any atom is -0.481 e. The van der Waals surface area contributed by atoms with Gasteiger partial charge in [-0.3, -0.25) is 4.79 Å². The molecule has 0 unspecified atom stereocenters. The molecule has 0 aliphatic heterocycles. The molecule has 5 heteroatoms. The Morgan fingerprint density at radius 3 is 2.76 bits per heavy atom. The average molecular weight is 231 g/mol. The first-order valence-electron chi connectivity index (χ1n) is 5.43. The van der Waals surface area contributed by atoms with Crippen molar-refractivity contribution in [1.82, 2.24) is 15.0 Å². The van der Waals surface area contributed by atoms with Crippen LogP contribution in [-0.4, -0.2) is 26.1 Å². The number of carboxylic acids is 1. The van der Waals surface area contributed by atoms with Crippen LogP contribution < -0.4 is 0 Å². The molecule has 0 saturated heterocycles. The molecule has 0 aliphatic carbocycles. The number of carboxylic acid groups (broad SMARTS) is 1. The highest BCUT2D eigenvalue weighted by Gasteiger charge is 2.01. The van der Waals surface area contributed by atoms with Crippen LogP contribution in [0.25, 0.3) is 5.69 Å². The molecule has 2 aromatic rings. The predicted octanol–water partition coefficient (Wildman–Crippen LogP) is 1.67. The summed E-state index contributed by atoms with van der Waals surface area (Å²) in [5.41, 5.74) is 1.99. The fraction of sp³-hybridized carbons (Fsp3) is 0.250. The second-order valence-corrected chi connectivity index (χ2v) is 3.74. The highest BCUT2D eigenvalue weighted by molar-refractivity contribution is 5.66. The van der Waals surface area contributed by atoms with Crippen LogP contribution in [0.1, 0.15) is 18.4 Å². The van der Waals surface area contributed by atoms with Crippen LogP contribution >= 0.6 is 0 Å².